The summed E-state index contributed by atoms with van der Waals surface area (Å²) in [5.41, 5.74) is 4.35. The molecule has 1 atom stereocenters. The average molecular weight is 573 g/mol. The lowest BCUT2D eigenvalue weighted by atomic mass is 9.82. The highest BCUT2D eigenvalue weighted by Crippen LogP contribution is 2.33. The Hall–Kier alpha value is -3.77. The second-order valence-electron chi connectivity index (χ2n) is 9.57. The van der Waals surface area contributed by atoms with E-state index in [1.165, 1.54) is 24.7 Å². The van der Waals surface area contributed by atoms with E-state index < -0.39 is 12.1 Å². The Labute approximate surface area is 235 Å². The molecule has 3 aromatic heterocycles. The highest BCUT2D eigenvalue weighted by atomic mass is 35.5. The first-order valence-electron chi connectivity index (χ1n) is 12.5. The van der Waals surface area contributed by atoms with Crippen molar-refractivity contribution in [2.24, 2.45) is 16.9 Å². The molecule has 0 saturated heterocycles. The van der Waals surface area contributed by atoms with Crippen molar-refractivity contribution in [1.82, 2.24) is 24.5 Å². The normalized spacial score (nSPS) is 18.1. The van der Waals surface area contributed by atoms with E-state index in [4.69, 9.17) is 28.6 Å². The van der Waals surface area contributed by atoms with E-state index in [2.05, 4.69) is 43.2 Å². The monoisotopic (exact) mass is 572 g/mol. The number of aromatic nitrogens is 4. The van der Waals surface area contributed by atoms with Gasteiger partial charge in [0.2, 0.25) is 5.91 Å². The topological polar surface area (TPSA) is 153 Å². The summed E-state index contributed by atoms with van der Waals surface area (Å²) in [7, 11) is 1.77. The summed E-state index contributed by atoms with van der Waals surface area (Å²) in [6, 6.07) is 2.10. The van der Waals surface area contributed by atoms with Gasteiger partial charge < -0.3 is 20.9 Å². The number of hydrogen-bond donors (Lipinski definition) is 4. The molecule has 1 fully saturated rings. The van der Waals surface area contributed by atoms with Gasteiger partial charge in [-0.25, -0.2) is 19.3 Å². The summed E-state index contributed by atoms with van der Waals surface area (Å²) in [6.07, 6.45) is 8.95. The van der Waals surface area contributed by atoms with Gasteiger partial charge in [0, 0.05) is 25.2 Å². The van der Waals surface area contributed by atoms with Crippen LogP contribution in [0, 0.1) is 17.2 Å². The van der Waals surface area contributed by atoms with Crippen molar-refractivity contribution in [2.45, 2.75) is 45.6 Å². The summed E-state index contributed by atoms with van der Waals surface area (Å²) in [4.78, 5) is 36.6. The number of carbonyl (C=O) groups excluding carboxylic acids is 2. The number of rotatable bonds is 8. The highest BCUT2D eigenvalue weighted by molar-refractivity contribution is 6.33. The van der Waals surface area contributed by atoms with Gasteiger partial charge in [-0.05, 0) is 44.6 Å². The van der Waals surface area contributed by atoms with Crippen LogP contribution in [0.5, 0.6) is 0 Å². The number of anilines is 3. The van der Waals surface area contributed by atoms with Gasteiger partial charge in [0.1, 0.15) is 0 Å². The molecular formula is C25H30Cl2N10O2. The Morgan fingerprint density at radius 2 is 1.92 bits per heavy atom. The number of pyridine rings is 1. The number of nitrogens with one attached hydrogen (secondary N) is 4. The standard InChI is InChI=1S/C25H30Cl2N10O2/c1-14-4-6-16(7-5-14)24(38)36(3)15(2)22-19(13-29-21-11-20(27)35-37(21)22)33-25(39)32-17-10-18(26)23(30-12-17)34-31-9-8-28/h8-16,28H,4-7H2,1-3H3,(H,30,34)(H2,32,33,39)/b28-8?,31-9-/t14?,15-,16?/m1/s1. The molecule has 3 amide bonds. The minimum absolute atomic E-state index is 0.0302. The van der Waals surface area contributed by atoms with Crippen molar-refractivity contribution >= 4 is 70.4 Å². The minimum atomic E-state index is -0.571. The van der Waals surface area contributed by atoms with E-state index in [0.717, 1.165) is 31.9 Å². The van der Waals surface area contributed by atoms with Gasteiger partial charge in [-0.15, -0.1) is 0 Å². The van der Waals surface area contributed by atoms with Crippen LogP contribution in [0.25, 0.3) is 5.65 Å². The number of halogens is 2. The number of carbonyl (C=O) groups is 2. The minimum Gasteiger partial charge on any atom is -0.337 e. The van der Waals surface area contributed by atoms with Crippen LogP contribution >= 0.6 is 23.2 Å². The van der Waals surface area contributed by atoms with E-state index in [0.29, 0.717) is 28.6 Å². The Balaban J connectivity index is 1.55. The molecule has 3 heterocycles. The molecule has 1 saturated carbocycles. The van der Waals surface area contributed by atoms with E-state index in [9.17, 15) is 9.59 Å². The largest absolute Gasteiger partial charge is 0.337 e. The van der Waals surface area contributed by atoms with Crippen molar-refractivity contribution in [3.05, 3.63) is 40.4 Å². The highest BCUT2D eigenvalue weighted by Gasteiger charge is 2.31. The molecule has 0 spiro atoms. The zero-order valence-electron chi connectivity index (χ0n) is 21.8. The van der Waals surface area contributed by atoms with Crippen molar-refractivity contribution in [1.29, 1.82) is 5.41 Å². The van der Waals surface area contributed by atoms with Gasteiger partial charge in [0.25, 0.3) is 0 Å². The fraction of sp³-hybridized carbons (Fsp3) is 0.400. The number of fused-ring (bicyclic) bond motifs is 1. The molecule has 206 valence electrons. The predicted octanol–water partition coefficient (Wildman–Crippen LogP) is 5.47. The summed E-state index contributed by atoms with van der Waals surface area (Å²) in [5, 5.41) is 21.0. The Morgan fingerprint density at radius 3 is 2.62 bits per heavy atom. The first-order valence-corrected chi connectivity index (χ1v) is 13.3. The molecule has 0 unspecified atom stereocenters. The Kier molecular flexibility index (Phi) is 8.97. The summed E-state index contributed by atoms with van der Waals surface area (Å²) < 4.78 is 1.54. The van der Waals surface area contributed by atoms with Gasteiger partial charge in [0.05, 0.1) is 46.7 Å². The molecule has 0 aromatic carbocycles. The fourth-order valence-electron chi connectivity index (χ4n) is 4.60. The molecule has 12 nitrogen and oxygen atoms in total. The molecule has 0 aliphatic heterocycles. The number of hydrazone groups is 1. The number of urea groups is 1. The number of nitrogens with zero attached hydrogens (tertiary/aromatic N) is 6. The zero-order chi connectivity index (χ0) is 28.1. The molecule has 4 rings (SSSR count). The second-order valence-corrected chi connectivity index (χ2v) is 10.4. The Morgan fingerprint density at radius 1 is 1.18 bits per heavy atom. The smallest absolute Gasteiger partial charge is 0.323 e. The van der Waals surface area contributed by atoms with Crippen LogP contribution in [0.4, 0.5) is 22.0 Å². The van der Waals surface area contributed by atoms with Crippen LogP contribution in [0.3, 0.4) is 0 Å². The van der Waals surface area contributed by atoms with Gasteiger partial charge in [-0.1, -0.05) is 30.1 Å². The Bertz CT molecular complexity index is 1400. The van der Waals surface area contributed by atoms with Crippen LogP contribution in [0.15, 0.2) is 29.6 Å². The molecule has 39 heavy (non-hydrogen) atoms. The van der Waals surface area contributed by atoms with Gasteiger partial charge in [0.15, 0.2) is 16.6 Å². The lowest BCUT2D eigenvalue weighted by molar-refractivity contribution is -0.137. The first kappa shape index (κ1) is 28.2. The number of amides is 3. The number of hydrogen-bond acceptors (Lipinski definition) is 8. The maximum absolute atomic E-state index is 13.4. The van der Waals surface area contributed by atoms with Crippen LogP contribution in [0.2, 0.25) is 10.2 Å². The van der Waals surface area contributed by atoms with Crippen LogP contribution in [-0.2, 0) is 4.79 Å². The van der Waals surface area contributed by atoms with Crippen molar-refractivity contribution in [3.63, 3.8) is 0 Å². The summed E-state index contributed by atoms with van der Waals surface area (Å²) in [6.45, 7) is 4.10. The van der Waals surface area contributed by atoms with Gasteiger partial charge in [-0.3, -0.25) is 10.2 Å². The maximum atomic E-state index is 13.4. The maximum Gasteiger partial charge on any atom is 0.323 e. The van der Waals surface area contributed by atoms with Crippen LogP contribution < -0.4 is 16.1 Å². The first-order chi connectivity index (χ1) is 18.7. The van der Waals surface area contributed by atoms with Gasteiger partial charge in [-0.2, -0.15) is 10.2 Å². The molecule has 0 radical (unpaired) electrons. The molecule has 1 aliphatic carbocycles. The SMILES string of the molecule is CC1CCC(C(=O)N(C)[C@H](C)c2c(NC(=O)Nc3cnc(N/N=C\C=N)c(Cl)c3)cnc3cc(Cl)nn23)CC1. The third kappa shape index (κ3) is 6.63. The molecule has 3 aromatic rings. The molecule has 1 aliphatic rings. The average Bonchev–Trinajstić information content (AvgIpc) is 3.29. The quantitative estimate of drug-likeness (QED) is 0.207. The summed E-state index contributed by atoms with van der Waals surface area (Å²) >= 11 is 12.4. The fourth-order valence-corrected chi connectivity index (χ4v) is 4.98. The summed E-state index contributed by atoms with van der Waals surface area (Å²) in [5.74, 6) is 0.933. The van der Waals surface area contributed by atoms with E-state index in [1.807, 2.05) is 6.92 Å². The van der Waals surface area contributed by atoms with Crippen LogP contribution in [0.1, 0.15) is 51.3 Å². The van der Waals surface area contributed by atoms with E-state index in [-0.39, 0.29) is 27.8 Å². The lowest BCUT2D eigenvalue weighted by Crippen LogP contribution is -2.37. The third-order valence-electron chi connectivity index (χ3n) is 6.85. The van der Waals surface area contributed by atoms with Crippen LogP contribution in [-0.4, -0.2) is 55.9 Å². The molecule has 4 N–H and O–H groups in total. The zero-order valence-corrected chi connectivity index (χ0v) is 23.3. The molecule has 14 heteroatoms. The third-order valence-corrected chi connectivity index (χ3v) is 7.32. The second kappa shape index (κ2) is 12.4. The van der Waals surface area contributed by atoms with E-state index >= 15 is 0 Å². The molecule has 0 bridgehead atoms. The van der Waals surface area contributed by atoms with Crippen molar-refractivity contribution < 1.29 is 9.59 Å². The molecular weight excluding hydrogens is 543 g/mol. The van der Waals surface area contributed by atoms with Gasteiger partial charge >= 0.3 is 6.03 Å². The van der Waals surface area contributed by atoms with E-state index in [1.54, 1.807) is 22.5 Å². The predicted molar refractivity (Wildman–Crippen MR) is 153 cm³/mol. The lowest BCUT2D eigenvalue weighted by Gasteiger charge is -2.33. The van der Waals surface area contributed by atoms with Crippen molar-refractivity contribution in [2.75, 3.05) is 23.1 Å². The van der Waals surface area contributed by atoms with Crippen molar-refractivity contribution in [3.8, 4) is 0 Å².